The fourth-order valence-electron chi connectivity index (χ4n) is 2.50. The molecule has 0 saturated heterocycles. The van der Waals surface area contributed by atoms with Crippen molar-refractivity contribution < 1.29 is 13.2 Å². The Morgan fingerprint density at radius 2 is 1.48 bits per heavy atom. The Morgan fingerprint density at radius 3 is 1.96 bits per heavy atom. The van der Waals surface area contributed by atoms with Gasteiger partial charge >= 0.3 is 0 Å². The van der Waals surface area contributed by atoms with Gasteiger partial charge < -0.3 is 0 Å². The maximum absolute atomic E-state index is 12.6. The topological polar surface area (TPSA) is 75.3 Å². The van der Waals surface area contributed by atoms with Crippen molar-refractivity contribution in [2.45, 2.75) is 39.5 Å². The molecule has 2 aromatic rings. The minimum absolute atomic E-state index is 0.226. The van der Waals surface area contributed by atoms with Gasteiger partial charge in [-0.15, -0.1) is 16.2 Å². The average molecular weight is 352 g/mol. The molecule has 124 valence electrons. The summed E-state index contributed by atoms with van der Waals surface area (Å²) in [7, 11) is -3.85. The molecule has 0 aliphatic heterocycles. The molecule has 0 fully saturated rings. The number of amides is 1. The van der Waals surface area contributed by atoms with E-state index in [1.165, 1.54) is 11.3 Å². The molecule has 5 nitrogen and oxygen atoms in total. The van der Waals surface area contributed by atoms with Crippen molar-refractivity contribution in [3.05, 3.63) is 50.2 Å². The molecular formula is C16H20N2O3S2. The molecule has 1 heterocycles. The largest absolute Gasteiger partial charge is 0.276 e. The lowest BCUT2D eigenvalue weighted by atomic mass is 9.95. The fourth-order valence-corrected chi connectivity index (χ4v) is 4.56. The quantitative estimate of drug-likeness (QED) is 0.831. The minimum Gasteiger partial charge on any atom is -0.273 e. The zero-order valence-corrected chi connectivity index (χ0v) is 15.4. The summed E-state index contributed by atoms with van der Waals surface area (Å²) in [6.07, 6.45) is 0. The fraction of sp³-hybridized carbons (Fsp3) is 0.312. The summed E-state index contributed by atoms with van der Waals surface area (Å²) in [6, 6.07) is 3.36. The van der Waals surface area contributed by atoms with Crippen LogP contribution in [0.25, 0.3) is 0 Å². The standard InChI is InChI=1S/C16H20N2O3S2/c1-9-10(2)12(4)15(13(5)11(9)3)23(20,21)18-17-16(19)14-7-6-8-22-14/h6-8,18H,1-5H3,(H,17,19). The van der Waals surface area contributed by atoms with Crippen LogP contribution >= 0.6 is 11.3 Å². The molecular weight excluding hydrogens is 332 g/mol. The molecule has 1 amide bonds. The van der Waals surface area contributed by atoms with Crippen LogP contribution in [-0.4, -0.2) is 14.3 Å². The zero-order chi connectivity index (χ0) is 17.4. The van der Waals surface area contributed by atoms with E-state index in [4.69, 9.17) is 0 Å². The van der Waals surface area contributed by atoms with E-state index >= 15 is 0 Å². The Bertz CT molecular complexity index is 825. The number of rotatable bonds is 4. The summed E-state index contributed by atoms with van der Waals surface area (Å²) in [6.45, 7) is 9.35. The van der Waals surface area contributed by atoms with Crippen molar-refractivity contribution in [3.63, 3.8) is 0 Å². The smallest absolute Gasteiger partial charge is 0.273 e. The Hall–Kier alpha value is -1.70. The Balaban J connectivity index is 2.36. The third-order valence-electron chi connectivity index (χ3n) is 4.24. The van der Waals surface area contributed by atoms with E-state index in [1.54, 1.807) is 31.4 Å². The normalized spacial score (nSPS) is 11.5. The first kappa shape index (κ1) is 17.7. The van der Waals surface area contributed by atoms with Gasteiger partial charge in [0, 0.05) is 0 Å². The first-order valence-electron chi connectivity index (χ1n) is 7.09. The maximum atomic E-state index is 12.6. The summed E-state index contributed by atoms with van der Waals surface area (Å²) in [4.78, 5) is 14.8. The monoisotopic (exact) mass is 352 g/mol. The van der Waals surface area contributed by atoms with Crippen LogP contribution in [0.3, 0.4) is 0 Å². The Labute approximate surface area is 140 Å². The minimum atomic E-state index is -3.85. The predicted molar refractivity (Wildman–Crippen MR) is 92.2 cm³/mol. The van der Waals surface area contributed by atoms with E-state index in [2.05, 4.69) is 10.3 Å². The van der Waals surface area contributed by atoms with Gasteiger partial charge in [0.2, 0.25) is 0 Å². The SMILES string of the molecule is Cc1c(C)c(C)c(S(=O)(=O)NNC(=O)c2cccs2)c(C)c1C. The molecule has 7 heteroatoms. The van der Waals surface area contributed by atoms with Gasteiger partial charge in [0.05, 0.1) is 9.77 Å². The van der Waals surface area contributed by atoms with E-state index in [1.807, 2.05) is 20.8 Å². The van der Waals surface area contributed by atoms with Gasteiger partial charge in [0.25, 0.3) is 15.9 Å². The molecule has 0 radical (unpaired) electrons. The van der Waals surface area contributed by atoms with E-state index in [9.17, 15) is 13.2 Å². The number of hydrogen-bond donors (Lipinski definition) is 2. The highest BCUT2D eigenvalue weighted by Gasteiger charge is 2.24. The second kappa shape index (κ2) is 6.43. The highest BCUT2D eigenvalue weighted by atomic mass is 32.2. The van der Waals surface area contributed by atoms with Crippen LogP contribution in [0, 0.1) is 34.6 Å². The third-order valence-corrected chi connectivity index (χ3v) is 6.63. The Kier molecular flexibility index (Phi) is 4.93. The number of carbonyl (C=O) groups excluding carboxylic acids is 1. The van der Waals surface area contributed by atoms with Crippen LogP contribution in [0.1, 0.15) is 37.5 Å². The van der Waals surface area contributed by atoms with Crippen molar-refractivity contribution >= 4 is 27.3 Å². The van der Waals surface area contributed by atoms with Gasteiger partial charge in [0.15, 0.2) is 0 Å². The van der Waals surface area contributed by atoms with Gasteiger partial charge in [-0.3, -0.25) is 10.2 Å². The summed E-state index contributed by atoms with van der Waals surface area (Å²) >= 11 is 1.24. The number of hydrazine groups is 1. The van der Waals surface area contributed by atoms with Gasteiger partial charge in [-0.2, -0.15) is 0 Å². The Morgan fingerprint density at radius 1 is 0.957 bits per heavy atom. The molecule has 0 atom stereocenters. The molecule has 0 spiro atoms. The molecule has 0 bridgehead atoms. The van der Waals surface area contributed by atoms with Gasteiger partial charge in [-0.1, -0.05) is 6.07 Å². The van der Waals surface area contributed by atoms with E-state index in [0.29, 0.717) is 16.0 Å². The van der Waals surface area contributed by atoms with E-state index in [0.717, 1.165) is 16.7 Å². The molecule has 0 aliphatic carbocycles. The van der Waals surface area contributed by atoms with Crippen LogP contribution < -0.4 is 10.3 Å². The number of benzene rings is 1. The van der Waals surface area contributed by atoms with Crippen molar-refractivity contribution in [2.75, 3.05) is 0 Å². The second-order valence-electron chi connectivity index (χ2n) is 5.49. The molecule has 1 aromatic heterocycles. The first-order chi connectivity index (χ1) is 10.7. The number of thiophene rings is 1. The highest BCUT2D eigenvalue weighted by molar-refractivity contribution is 7.89. The predicted octanol–water partition coefficient (Wildman–Crippen LogP) is 2.91. The summed E-state index contributed by atoms with van der Waals surface area (Å²) in [5.74, 6) is -0.473. The van der Waals surface area contributed by atoms with E-state index < -0.39 is 15.9 Å². The lowest BCUT2D eigenvalue weighted by Crippen LogP contribution is -2.41. The van der Waals surface area contributed by atoms with Crippen LogP contribution in [0.2, 0.25) is 0 Å². The van der Waals surface area contributed by atoms with Gasteiger partial charge in [0.1, 0.15) is 0 Å². The van der Waals surface area contributed by atoms with Crippen molar-refractivity contribution in [3.8, 4) is 0 Å². The summed E-state index contributed by atoms with van der Waals surface area (Å²) < 4.78 is 25.3. The molecule has 2 N–H and O–H groups in total. The number of hydrogen-bond acceptors (Lipinski definition) is 4. The highest BCUT2D eigenvalue weighted by Crippen LogP contribution is 2.29. The number of carbonyl (C=O) groups is 1. The van der Waals surface area contributed by atoms with Crippen molar-refractivity contribution in [1.29, 1.82) is 0 Å². The van der Waals surface area contributed by atoms with Crippen LogP contribution in [-0.2, 0) is 10.0 Å². The average Bonchev–Trinajstić information content (AvgIpc) is 3.03. The molecule has 23 heavy (non-hydrogen) atoms. The van der Waals surface area contributed by atoms with Gasteiger partial charge in [-0.05, 0) is 73.9 Å². The zero-order valence-electron chi connectivity index (χ0n) is 13.8. The van der Waals surface area contributed by atoms with E-state index in [-0.39, 0.29) is 4.90 Å². The van der Waals surface area contributed by atoms with Crippen molar-refractivity contribution in [1.82, 2.24) is 10.3 Å². The molecule has 0 saturated carbocycles. The summed E-state index contributed by atoms with van der Waals surface area (Å²) in [5.41, 5.74) is 6.63. The molecule has 0 unspecified atom stereocenters. The maximum Gasteiger partial charge on any atom is 0.276 e. The summed E-state index contributed by atoms with van der Waals surface area (Å²) in [5, 5.41) is 1.75. The second-order valence-corrected chi connectivity index (χ2v) is 8.06. The van der Waals surface area contributed by atoms with Gasteiger partial charge in [-0.25, -0.2) is 8.42 Å². The van der Waals surface area contributed by atoms with Crippen LogP contribution in [0.4, 0.5) is 0 Å². The molecule has 0 aliphatic rings. The molecule has 2 rings (SSSR count). The number of nitrogens with one attached hydrogen (secondary N) is 2. The van der Waals surface area contributed by atoms with Crippen molar-refractivity contribution in [2.24, 2.45) is 0 Å². The van der Waals surface area contributed by atoms with Crippen LogP contribution in [0.5, 0.6) is 0 Å². The number of sulfonamides is 1. The lowest BCUT2D eigenvalue weighted by molar-refractivity contribution is 0.0949. The lowest BCUT2D eigenvalue weighted by Gasteiger charge is -2.19. The van der Waals surface area contributed by atoms with Crippen LogP contribution in [0.15, 0.2) is 22.4 Å². The first-order valence-corrected chi connectivity index (χ1v) is 9.45. The molecule has 1 aromatic carbocycles. The third kappa shape index (κ3) is 3.31.